The molecule has 0 saturated carbocycles. The predicted molar refractivity (Wildman–Crippen MR) is 154 cm³/mol. The first-order valence-electron chi connectivity index (χ1n) is 13.1. The Morgan fingerprint density at radius 2 is 1.92 bits per heavy atom. The van der Waals surface area contributed by atoms with Gasteiger partial charge < -0.3 is 20.4 Å². The van der Waals surface area contributed by atoms with Gasteiger partial charge in [-0.25, -0.2) is 4.98 Å². The van der Waals surface area contributed by atoms with Gasteiger partial charge in [0.2, 0.25) is 11.8 Å². The van der Waals surface area contributed by atoms with Crippen LogP contribution in [-0.4, -0.2) is 61.5 Å². The summed E-state index contributed by atoms with van der Waals surface area (Å²) in [4.78, 5) is 35.9. The van der Waals surface area contributed by atoms with E-state index >= 15 is 0 Å². The second-order valence-electron chi connectivity index (χ2n) is 10.6. The Morgan fingerprint density at radius 1 is 1.18 bits per heavy atom. The van der Waals surface area contributed by atoms with Crippen LogP contribution in [0, 0.1) is 12.8 Å². The zero-order valence-electron chi connectivity index (χ0n) is 22.2. The van der Waals surface area contributed by atoms with E-state index in [0.717, 1.165) is 37.3 Å². The third kappa shape index (κ3) is 5.53. The first-order chi connectivity index (χ1) is 18.7. The number of hydrogen-bond acceptors (Lipinski definition) is 7. The summed E-state index contributed by atoms with van der Waals surface area (Å²) in [5.41, 5.74) is 6.57. The maximum Gasteiger partial charge on any atom is 0.243 e. The van der Waals surface area contributed by atoms with Crippen molar-refractivity contribution in [2.75, 3.05) is 6.54 Å². The molecule has 1 aromatic heterocycles. The molecule has 0 radical (unpaired) electrons. The summed E-state index contributed by atoms with van der Waals surface area (Å²) < 4.78 is 0.889. The molecule has 4 atom stereocenters. The molecule has 2 aliphatic heterocycles. The van der Waals surface area contributed by atoms with Crippen LogP contribution in [0.2, 0.25) is 0 Å². The molecule has 2 aromatic carbocycles. The average molecular weight is 614 g/mol. The summed E-state index contributed by atoms with van der Waals surface area (Å²) in [6.45, 7) is 6.67. The van der Waals surface area contributed by atoms with Crippen LogP contribution in [0.25, 0.3) is 10.4 Å². The Kier molecular flexibility index (Phi) is 8.21. The van der Waals surface area contributed by atoms with Gasteiger partial charge in [-0.1, -0.05) is 66.2 Å². The summed E-state index contributed by atoms with van der Waals surface area (Å²) in [6.07, 6.45) is -1.53. The summed E-state index contributed by atoms with van der Waals surface area (Å²) in [5.74, 6) is -0.672. The fraction of sp³-hybridized carbons (Fsp3) is 0.414. The SMILES string of the molecule is Cc1ncsc1-c1ccc(CNC(=O)[C@@H]2C[C@@H](O)CN2C(=O)[C@H](C(C)C)N2Cc3c(Br)cccc3C2O)cc1. The van der Waals surface area contributed by atoms with E-state index in [2.05, 4.69) is 26.2 Å². The van der Waals surface area contributed by atoms with Gasteiger partial charge >= 0.3 is 0 Å². The number of amides is 2. The smallest absolute Gasteiger partial charge is 0.243 e. The van der Waals surface area contributed by atoms with E-state index in [1.54, 1.807) is 16.2 Å². The number of nitrogens with zero attached hydrogens (tertiary/aromatic N) is 3. The molecule has 2 amide bonds. The zero-order valence-corrected chi connectivity index (χ0v) is 24.6. The van der Waals surface area contributed by atoms with Gasteiger partial charge in [-0.2, -0.15) is 0 Å². The molecular weight excluding hydrogens is 580 g/mol. The zero-order chi connectivity index (χ0) is 27.8. The molecular formula is C29H33BrN4O4S. The Bertz CT molecular complexity index is 1360. The molecule has 39 heavy (non-hydrogen) atoms. The maximum atomic E-state index is 13.9. The second kappa shape index (κ2) is 11.5. The number of carbonyl (C=O) groups is 2. The molecule has 1 fully saturated rings. The van der Waals surface area contributed by atoms with Crippen molar-refractivity contribution < 1.29 is 19.8 Å². The molecule has 0 aliphatic carbocycles. The number of halogens is 1. The number of aromatic nitrogens is 1. The molecule has 0 spiro atoms. The highest BCUT2D eigenvalue weighted by molar-refractivity contribution is 9.10. The Morgan fingerprint density at radius 3 is 2.56 bits per heavy atom. The van der Waals surface area contributed by atoms with Crippen molar-refractivity contribution in [2.24, 2.45) is 5.92 Å². The monoisotopic (exact) mass is 612 g/mol. The lowest BCUT2D eigenvalue weighted by atomic mass is 10.00. The molecule has 3 heterocycles. The molecule has 206 valence electrons. The highest BCUT2D eigenvalue weighted by Crippen LogP contribution is 2.39. The quantitative estimate of drug-likeness (QED) is 0.372. The number of β-amino-alcohol motifs (C(OH)–C–C–N with tert-alkyl or cyclic N) is 1. The van der Waals surface area contributed by atoms with Crippen molar-refractivity contribution in [3.63, 3.8) is 0 Å². The van der Waals surface area contributed by atoms with Gasteiger partial charge in [0.1, 0.15) is 12.3 Å². The van der Waals surface area contributed by atoms with Crippen molar-refractivity contribution in [1.82, 2.24) is 20.1 Å². The Balaban J connectivity index is 1.28. The minimum Gasteiger partial charge on any atom is -0.391 e. The number of fused-ring (bicyclic) bond motifs is 1. The van der Waals surface area contributed by atoms with Crippen molar-refractivity contribution in [1.29, 1.82) is 0 Å². The first-order valence-corrected chi connectivity index (χ1v) is 14.8. The molecule has 1 saturated heterocycles. The minimum absolute atomic E-state index is 0.0869. The number of carbonyl (C=O) groups excluding carboxylic acids is 2. The lowest BCUT2D eigenvalue weighted by Crippen LogP contribution is -2.54. The fourth-order valence-corrected chi connectivity index (χ4v) is 6.95. The highest BCUT2D eigenvalue weighted by Gasteiger charge is 2.46. The van der Waals surface area contributed by atoms with Crippen LogP contribution in [-0.2, 0) is 22.7 Å². The number of benzene rings is 2. The van der Waals surface area contributed by atoms with Gasteiger partial charge in [0.25, 0.3) is 0 Å². The van der Waals surface area contributed by atoms with Gasteiger partial charge in [0.05, 0.1) is 28.2 Å². The van der Waals surface area contributed by atoms with Crippen molar-refractivity contribution in [3.8, 4) is 10.4 Å². The number of aryl methyl sites for hydroxylation is 1. The second-order valence-corrected chi connectivity index (χ2v) is 12.3. The van der Waals surface area contributed by atoms with Crippen LogP contribution < -0.4 is 5.32 Å². The normalized spacial score (nSPS) is 21.8. The van der Waals surface area contributed by atoms with Gasteiger partial charge in [0.15, 0.2) is 0 Å². The summed E-state index contributed by atoms with van der Waals surface area (Å²) >= 11 is 5.15. The minimum atomic E-state index is -0.926. The first kappa shape index (κ1) is 27.9. The van der Waals surface area contributed by atoms with E-state index in [-0.39, 0.29) is 30.7 Å². The Labute approximate surface area is 240 Å². The highest BCUT2D eigenvalue weighted by atomic mass is 79.9. The molecule has 0 bridgehead atoms. The van der Waals surface area contributed by atoms with Crippen LogP contribution in [0.5, 0.6) is 0 Å². The molecule has 10 heteroatoms. The average Bonchev–Trinajstić information content (AvgIpc) is 3.61. The van der Waals surface area contributed by atoms with E-state index in [0.29, 0.717) is 13.1 Å². The standard InChI is InChI=1S/C29H33BrN4O4S/c1-16(2)25(34-14-22-21(28(34)37)5-4-6-23(22)30)29(38)33-13-20(35)11-24(33)27(36)31-12-18-7-9-19(10-8-18)26-17(3)32-15-39-26/h4-10,15-16,20,24-25,28,35,37H,11-14H2,1-3H3,(H,31,36)/t20-,24+,25+,28?/m1/s1. The van der Waals surface area contributed by atoms with E-state index < -0.39 is 24.4 Å². The number of nitrogens with one attached hydrogen (secondary N) is 1. The predicted octanol–water partition coefficient (Wildman–Crippen LogP) is 3.99. The summed E-state index contributed by atoms with van der Waals surface area (Å²) in [7, 11) is 0. The topological polar surface area (TPSA) is 106 Å². The third-order valence-corrected chi connectivity index (χ3v) is 9.34. The molecule has 2 aliphatic rings. The molecule has 1 unspecified atom stereocenters. The summed E-state index contributed by atoms with van der Waals surface area (Å²) in [6, 6.07) is 12.2. The van der Waals surface area contributed by atoms with Crippen LogP contribution in [0.1, 0.15) is 48.9 Å². The number of aliphatic hydroxyl groups is 2. The van der Waals surface area contributed by atoms with Crippen molar-refractivity contribution in [2.45, 2.75) is 64.7 Å². The number of hydrogen-bond donors (Lipinski definition) is 3. The van der Waals surface area contributed by atoms with Crippen LogP contribution in [0.3, 0.4) is 0 Å². The largest absolute Gasteiger partial charge is 0.391 e. The van der Waals surface area contributed by atoms with E-state index in [9.17, 15) is 19.8 Å². The molecule has 3 aromatic rings. The summed E-state index contributed by atoms with van der Waals surface area (Å²) in [5, 5.41) is 24.5. The van der Waals surface area contributed by atoms with Crippen LogP contribution >= 0.6 is 27.3 Å². The van der Waals surface area contributed by atoms with Crippen LogP contribution in [0.4, 0.5) is 0 Å². The van der Waals surface area contributed by atoms with Crippen molar-refractivity contribution in [3.05, 3.63) is 74.8 Å². The third-order valence-electron chi connectivity index (χ3n) is 7.62. The molecule has 5 rings (SSSR count). The van der Waals surface area contributed by atoms with E-state index in [1.807, 2.05) is 68.7 Å². The number of rotatable bonds is 7. The van der Waals surface area contributed by atoms with E-state index in [4.69, 9.17) is 0 Å². The van der Waals surface area contributed by atoms with Crippen molar-refractivity contribution >= 4 is 39.1 Å². The molecule has 8 nitrogen and oxygen atoms in total. The Hall–Kier alpha value is -2.63. The fourth-order valence-electron chi connectivity index (χ4n) is 5.63. The maximum absolute atomic E-state index is 13.9. The lowest BCUT2D eigenvalue weighted by molar-refractivity contribution is -0.149. The van der Waals surface area contributed by atoms with Gasteiger partial charge in [0, 0.05) is 36.1 Å². The van der Waals surface area contributed by atoms with Crippen LogP contribution in [0.15, 0.2) is 52.4 Å². The number of thiazole rings is 1. The van der Waals surface area contributed by atoms with Gasteiger partial charge in [-0.05, 0) is 35.6 Å². The van der Waals surface area contributed by atoms with E-state index in [1.165, 1.54) is 4.90 Å². The number of likely N-dealkylation sites (tertiary alicyclic amines) is 1. The molecule has 3 N–H and O–H groups in total. The van der Waals surface area contributed by atoms with Gasteiger partial charge in [-0.15, -0.1) is 11.3 Å². The lowest BCUT2D eigenvalue weighted by Gasteiger charge is -2.36. The van der Waals surface area contributed by atoms with Gasteiger partial charge in [-0.3, -0.25) is 14.5 Å². The number of aliphatic hydroxyl groups excluding tert-OH is 2.